The van der Waals surface area contributed by atoms with Gasteiger partial charge < -0.3 is 19.1 Å². The normalized spacial score (nSPS) is 21.0. The number of aromatic nitrogens is 3. The molecule has 0 aliphatic carbocycles. The van der Waals surface area contributed by atoms with E-state index < -0.39 is 11.2 Å². The fourth-order valence-corrected chi connectivity index (χ4v) is 2.87. The maximum absolute atomic E-state index is 12.3. The first-order valence-electron chi connectivity index (χ1n) is 8.40. The van der Waals surface area contributed by atoms with Gasteiger partial charge in [0.25, 0.3) is 0 Å². The summed E-state index contributed by atoms with van der Waals surface area (Å²) in [4.78, 5) is 18.2. The largest absolute Gasteiger partial charge is 0.473 e. The van der Waals surface area contributed by atoms with Crippen molar-refractivity contribution < 1.29 is 19.0 Å². The minimum atomic E-state index is -0.684. The molecule has 3 heterocycles. The Morgan fingerprint density at radius 3 is 2.96 bits per heavy atom. The van der Waals surface area contributed by atoms with E-state index in [0.717, 1.165) is 0 Å². The fourth-order valence-electron chi connectivity index (χ4n) is 2.70. The summed E-state index contributed by atoms with van der Waals surface area (Å²) in [5, 5.41) is 4.41. The predicted molar refractivity (Wildman–Crippen MR) is 95.7 cm³/mol. The second-order valence-corrected chi connectivity index (χ2v) is 7.91. The average Bonchev–Trinajstić information content (AvgIpc) is 2.99. The zero-order valence-corrected chi connectivity index (χ0v) is 16.1. The Labute approximate surface area is 157 Å². The Morgan fingerprint density at radius 1 is 1.46 bits per heavy atom. The Hall–Kier alpha value is -2.06. The average molecular weight is 383 g/mol. The van der Waals surface area contributed by atoms with Crippen LogP contribution in [0.4, 0.5) is 4.79 Å². The summed E-state index contributed by atoms with van der Waals surface area (Å²) < 4.78 is 18.8. The van der Waals surface area contributed by atoms with Crippen LogP contribution in [0.5, 0.6) is 5.88 Å². The van der Waals surface area contributed by atoms with Crippen molar-refractivity contribution in [3.05, 3.63) is 23.6 Å². The standard InChI is InChI=1S/C17H23ClN4O4/c1-16(2,3)26-15(23)21-7-8-25-17(4,10-21)11-24-14-12-5-6-19-22(12)9-13(18)20-14/h5-6,9H,7-8,10-11H2,1-4H3. The minimum Gasteiger partial charge on any atom is -0.473 e. The highest BCUT2D eigenvalue weighted by Crippen LogP contribution is 2.24. The Bertz CT molecular complexity index is 804. The van der Waals surface area contributed by atoms with Gasteiger partial charge >= 0.3 is 6.09 Å². The number of carbonyl (C=O) groups excluding carboxylic acids is 1. The van der Waals surface area contributed by atoms with E-state index in [1.54, 1.807) is 27.9 Å². The first kappa shape index (κ1) is 18.7. The quantitative estimate of drug-likeness (QED) is 0.812. The maximum Gasteiger partial charge on any atom is 0.410 e. The van der Waals surface area contributed by atoms with E-state index in [1.807, 2.05) is 27.7 Å². The molecule has 0 bridgehead atoms. The molecule has 8 nitrogen and oxygen atoms in total. The smallest absolute Gasteiger partial charge is 0.410 e. The van der Waals surface area contributed by atoms with Crippen LogP contribution in [0.3, 0.4) is 0 Å². The van der Waals surface area contributed by atoms with Gasteiger partial charge in [0.15, 0.2) is 5.15 Å². The monoisotopic (exact) mass is 382 g/mol. The van der Waals surface area contributed by atoms with Crippen molar-refractivity contribution in [2.45, 2.75) is 38.9 Å². The third-order valence-electron chi connectivity index (χ3n) is 3.83. The van der Waals surface area contributed by atoms with Gasteiger partial charge in [-0.3, -0.25) is 0 Å². The second-order valence-electron chi connectivity index (χ2n) is 7.52. The Balaban J connectivity index is 1.68. The minimum absolute atomic E-state index is 0.209. The molecule has 26 heavy (non-hydrogen) atoms. The van der Waals surface area contributed by atoms with Gasteiger partial charge in [0, 0.05) is 6.54 Å². The SMILES string of the molecule is CC(C)(C)OC(=O)N1CCOC(C)(COc2nc(Cl)cn3nccc23)C1. The number of halogens is 1. The molecule has 3 rings (SSSR count). The number of hydrogen-bond donors (Lipinski definition) is 0. The summed E-state index contributed by atoms with van der Waals surface area (Å²) in [5.74, 6) is 0.370. The third kappa shape index (κ3) is 4.37. The lowest BCUT2D eigenvalue weighted by atomic mass is 10.1. The van der Waals surface area contributed by atoms with E-state index in [0.29, 0.717) is 31.1 Å². The van der Waals surface area contributed by atoms with Crippen LogP contribution < -0.4 is 4.74 Å². The molecule has 1 saturated heterocycles. The van der Waals surface area contributed by atoms with Crippen LogP contribution in [0.15, 0.2) is 18.5 Å². The van der Waals surface area contributed by atoms with Gasteiger partial charge in [0.05, 0.1) is 25.5 Å². The van der Waals surface area contributed by atoms with Gasteiger partial charge in [-0.2, -0.15) is 10.1 Å². The number of rotatable bonds is 3. The number of nitrogens with zero attached hydrogens (tertiary/aromatic N) is 4. The van der Waals surface area contributed by atoms with Gasteiger partial charge in [-0.05, 0) is 33.8 Å². The van der Waals surface area contributed by atoms with Crippen LogP contribution in [0.1, 0.15) is 27.7 Å². The molecular formula is C17H23ClN4O4. The van der Waals surface area contributed by atoms with Crippen molar-refractivity contribution in [2.75, 3.05) is 26.3 Å². The van der Waals surface area contributed by atoms with E-state index >= 15 is 0 Å². The molecule has 0 saturated carbocycles. The van der Waals surface area contributed by atoms with E-state index in [-0.39, 0.29) is 17.9 Å². The Kier molecular flexibility index (Phi) is 4.98. The number of morpholine rings is 1. The fraction of sp³-hybridized carbons (Fsp3) is 0.588. The number of carbonyl (C=O) groups is 1. The summed E-state index contributed by atoms with van der Waals surface area (Å²) in [5.41, 5.74) is -0.519. The third-order valence-corrected chi connectivity index (χ3v) is 4.01. The summed E-state index contributed by atoms with van der Waals surface area (Å²) in [7, 11) is 0. The second kappa shape index (κ2) is 6.92. The molecule has 1 unspecified atom stereocenters. The summed E-state index contributed by atoms with van der Waals surface area (Å²) in [6, 6.07) is 1.79. The van der Waals surface area contributed by atoms with Gasteiger partial charge in [-0.25, -0.2) is 9.31 Å². The first-order chi connectivity index (χ1) is 12.2. The highest BCUT2D eigenvalue weighted by molar-refractivity contribution is 6.29. The van der Waals surface area contributed by atoms with Crippen molar-refractivity contribution in [1.82, 2.24) is 19.5 Å². The van der Waals surface area contributed by atoms with Gasteiger partial charge in [0.1, 0.15) is 23.3 Å². The van der Waals surface area contributed by atoms with Gasteiger partial charge in [0.2, 0.25) is 5.88 Å². The van der Waals surface area contributed by atoms with Crippen LogP contribution in [0.2, 0.25) is 5.15 Å². The Morgan fingerprint density at radius 2 is 2.23 bits per heavy atom. The zero-order chi connectivity index (χ0) is 18.9. The number of ether oxygens (including phenoxy) is 3. The van der Waals surface area contributed by atoms with Crippen molar-refractivity contribution in [1.29, 1.82) is 0 Å². The first-order valence-corrected chi connectivity index (χ1v) is 8.78. The molecule has 9 heteroatoms. The number of fused-ring (bicyclic) bond motifs is 1. The topological polar surface area (TPSA) is 78.2 Å². The number of hydrogen-bond acceptors (Lipinski definition) is 6. The molecule has 0 radical (unpaired) electrons. The molecule has 0 aromatic carbocycles. The predicted octanol–water partition coefficient (Wildman–Crippen LogP) is 2.79. The molecule has 1 fully saturated rings. The summed E-state index contributed by atoms with van der Waals surface area (Å²) >= 11 is 6.01. The van der Waals surface area contributed by atoms with Crippen molar-refractivity contribution in [3.63, 3.8) is 0 Å². The lowest BCUT2D eigenvalue weighted by molar-refractivity contribution is -0.116. The summed E-state index contributed by atoms with van der Waals surface area (Å²) in [6.45, 7) is 8.87. The van der Waals surface area contributed by atoms with Crippen LogP contribution in [-0.2, 0) is 9.47 Å². The molecule has 2 aromatic rings. The molecule has 1 aliphatic heterocycles. The van der Waals surface area contributed by atoms with Gasteiger partial charge in [-0.1, -0.05) is 11.6 Å². The van der Waals surface area contributed by atoms with Crippen LogP contribution in [0.25, 0.3) is 5.52 Å². The maximum atomic E-state index is 12.3. The lowest BCUT2D eigenvalue weighted by Crippen LogP contribution is -2.55. The molecule has 142 valence electrons. The molecule has 0 spiro atoms. The van der Waals surface area contributed by atoms with Crippen LogP contribution >= 0.6 is 11.6 Å². The van der Waals surface area contributed by atoms with Crippen molar-refractivity contribution >= 4 is 23.2 Å². The van der Waals surface area contributed by atoms with E-state index in [2.05, 4.69) is 10.1 Å². The highest BCUT2D eigenvalue weighted by atomic mass is 35.5. The molecule has 1 atom stereocenters. The molecule has 1 amide bonds. The molecular weight excluding hydrogens is 360 g/mol. The van der Waals surface area contributed by atoms with Crippen molar-refractivity contribution in [3.8, 4) is 5.88 Å². The van der Waals surface area contributed by atoms with Crippen LogP contribution in [-0.4, -0.2) is 63.1 Å². The number of amides is 1. The van der Waals surface area contributed by atoms with Crippen LogP contribution in [0, 0.1) is 0 Å². The highest BCUT2D eigenvalue weighted by Gasteiger charge is 2.37. The van der Waals surface area contributed by atoms with Crippen molar-refractivity contribution in [2.24, 2.45) is 0 Å². The lowest BCUT2D eigenvalue weighted by Gasteiger charge is -2.40. The summed E-state index contributed by atoms with van der Waals surface area (Å²) in [6.07, 6.45) is 2.89. The molecule has 2 aromatic heterocycles. The zero-order valence-electron chi connectivity index (χ0n) is 15.4. The van der Waals surface area contributed by atoms with E-state index in [9.17, 15) is 4.79 Å². The molecule has 0 N–H and O–H groups in total. The van der Waals surface area contributed by atoms with E-state index in [1.165, 1.54) is 0 Å². The van der Waals surface area contributed by atoms with Gasteiger partial charge in [-0.15, -0.1) is 0 Å². The van der Waals surface area contributed by atoms with E-state index in [4.69, 9.17) is 25.8 Å². The molecule has 1 aliphatic rings.